The van der Waals surface area contributed by atoms with E-state index in [1.807, 2.05) is 78.9 Å². The van der Waals surface area contributed by atoms with Crippen LogP contribution in [-0.2, 0) is 0 Å². The molecule has 0 amide bonds. The summed E-state index contributed by atoms with van der Waals surface area (Å²) in [5, 5.41) is 12.3. The van der Waals surface area contributed by atoms with Crippen LogP contribution in [0.1, 0.15) is 18.5 Å². The smallest absolute Gasteiger partial charge is 0.223 e. The van der Waals surface area contributed by atoms with Crippen molar-refractivity contribution in [3.05, 3.63) is 133 Å². The SMILES string of the molecule is CC(Nc1nccc(-c2c(-c3ccc(F)cc3)nnn2-c2ccc(Oc3ccccc3)cc2)n1)c1ccccc1. The number of benzene rings is 4. The molecule has 0 fully saturated rings. The lowest BCUT2D eigenvalue weighted by Gasteiger charge is -2.15. The molecule has 6 rings (SSSR count). The van der Waals surface area contributed by atoms with Gasteiger partial charge in [-0.25, -0.2) is 19.0 Å². The third-order valence-corrected chi connectivity index (χ3v) is 6.39. The Morgan fingerprint density at radius 3 is 2.17 bits per heavy atom. The molecule has 1 N–H and O–H groups in total. The number of hydrogen-bond donors (Lipinski definition) is 1. The first-order chi connectivity index (χ1) is 19.6. The topological polar surface area (TPSA) is 77.8 Å². The van der Waals surface area contributed by atoms with Gasteiger partial charge in [0.05, 0.1) is 17.4 Å². The van der Waals surface area contributed by atoms with Crippen LogP contribution < -0.4 is 10.1 Å². The fourth-order valence-corrected chi connectivity index (χ4v) is 4.35. The molecule has 1 unspecified atom stereocenters. The van der Waals surface area contributed by atoms with E-state index in [4.69, 9.17) is 9.72 Å². The first-order valence-corrected chi connectivity index (χ1v) is 12.8. The molecule has 0 aliphatic heterocycles. The summed E-state index contributed by atoms with van der Waals surface area (Å²) < 4.78 is 21.4. The molecule has 0 spiro atoms. The van der Waals surface area contributed by atoms with E-state index in [2.05, 4.69) is 39.7 Å². The molecule has 40 heavy (non-hydrogen) atoms. The zero-order valence-electron chi connectivity index (χ0n) is 21.6. The highest BCUT2D eigenvalue weighted by Crippen LogP contribution is 2.32. The molecule has 0 saturated carbocycles. The summed E-state index contributed by atoms with van der Waals surface area (Å²) >= 11 is 0. The number of halogens is 1. The number of rotatable bonds is 8. The van der Waals surface area contributed by atoms with Crippen molar-refractivity contribution in [3.63, 3.8) is 0 Å². The van der Waals surface area contributed by atoms with Crippen molar-refractivity contribution in [3.8, 4) is 39.8 Å². The molecule has 7 nitrogen and oxygen atoms in total. The van der Waals surface area contributed by atoms with Gasteiger partial charge in [-0.15, -0.1) is 5.10 Å². The van der Waals surface area contributed by atoms with E-state index in [1.54, 1.807) is 23.0 Å². The number of nitrogens with one attached hydrogen (secondary N) is 1. The van der Waals surface area contributed by atoms with Crippen LogP contribution >= 0.6 is 0 Å². The largest absolute Gasteiger partial charge is 0.457 e. The number of hydrogen-bond acceptors (Lipinski definition) is 6. The standard InChI is InChI=1S/C32H25FN6O/c1-22(23-8-4-2-5-9-23)35-32-34-21-20-29(36-32)31-30(24-12-14-25(33)15-13-24)37-38-39(31)26-16-18-28(19-17-26)40-27-10-6-3-7-11-27/h2-22H,1H3,(H,34,35,36). The van der Waals surface area contributed by atoms with Crippen LogP contribution in [0.4, 0.5) is 10.3 Å². The van der Waals surface area contributed by atoms with Crippen molar-refractivity contribution < 1.29 is 9.13 Å². The second-order valence-electron chi connectivity index (χ2n) is 9.16. The van der Waals surface area contributed by atoms with Gasteiger partial charge in [-0.05, 0) is 79.2 Å². The molecule has 6 aromatic rings. The van der Waals surface area contributed by atoms with Gasteiger partial charge >= 0.3 is 0 Å². The Morgan fingerprint density at radius 2 is 1.45 bits per heavy atom. The second kappa shape index (κ2) is 11.2. The highest BCUT2D eigenvalue weighted by atomic mass is 19.1. The van der Waals surface area contributed by atoms with E-state index in [0.29, 0.717) is 28.8 Å². The summed E-state index contributed by atoms with van der Waals surface area (Å²) in [7, 11) is 0. The molecule has 0 radical (unpaired) electrons. The molecular formula is C32H25FN6O. The van der Waals surface area contributed by atoms with Crippen LogP contribution in [0, 0.1) is 5.82 Å². The fourth-order valence-electron chi connectivity index (χ4n) is 4.35. The van der Waals surface area contributed by atoms with Gasteiger partial charge in [0.15, 0.2) is 0 Å². The normalized spacial score (nSPS) is 11.7. The van der Waals surface area contributed by atoms with Gasteiger partial charge in [-0.3, -0.25) is 0 Å². The maximum Gasteiger partial charge on any atom is 0.223 e. The van der Waals surface area contributed by atoms with Crippen molar-refractivity contribution in [2.24, 2.45) is 0 Å². The maximum atomic E-state index is 13.7. The number of para-hydroxylation sites is 1. The quantitative estimate of drug-likeness (QED) is 0.220. The molecule has 0 aliphatic rings. The predicted molar refractivity (Wildman–Crippen MR) is 153 cm³/mol. The molecule has 2 heterocycles. The molecule has 0 aliphatic carbocycles. The predicted octanol–water partition coefficient (Wildman–Crippen LogP) is 7.50. The lowest BCUT2D eigenvalue weighted by atomic mass is 10.1. The lowest BCUT2D eigenvalue weighted by molar-refractivity contribution is 0.482. The second-order valence-corrected chi connectivity index (χ2v) is 9.16. The van der Waals surface area contributed by atoms with Crippen LogP contribution in [0.15, 0.2) is 121 Å². The van der Waals surface area contributed by atoms with E-state index < -0.39 is 0 Å². The van der Waals surface area contributed by atoms with E-state index in [1.165, 1.54) is 12.1 Å². The minimum atomic E-state index is -0.324. The van der Waals surface area contributed by atoms with Crippen LogP contribution in [0.5, 0.6) is 11.5 Å². The first-order valence-electron chi connectivity index (χ1n) is 12.8. The van der Waals surface area contributed by atoms with Crippen LogP contribution in [-0.4, -0.2) is 25.0 Å². The molecule has 8 heteroatoms. The van der Waals surface area contributed by atoms with E-state index in [-0.39, 0.29) is 11.9 Å². The molecule has 0 saturated heterocycles. The Kier molecular flexibility index (Phi) is 6.96. The molecular weight excluding hydrogens is 503 g/mol. The summed E-state index contributed by atoms with van der Waals surface area (Å²) in [5.41, 5.74) is 4.45. The summed E-state index contributed by atoms with van der Waals surface area (Å²) in [4.78, 5) is 9.27. The minimum Gasteiger partial charge on any atom is -0.457 e. The van der Waals surface area contributed by atoms with E-state index in [0.717, 1.165) is 22.6 Å². The van der Waals surface area contributed by atoms with Gasteiger partial charge in [0.25, 0.3) is 0 Å². The number of ether oxygens (including phenoxy) is 1. The van der Waals surface area contributed by atoms with Gasteiger partial charge in [-0.1, -0.05) is 53.7 Å². The van der Waals surface area contributed by atoms with Crippen molar-refractivity contribution in [1.29, 1.82) is 0 Å². The summed E-state index contributed by atoms with van der Waals surface area (Å²) in [5.74, 6) is 1.59. The summed E-state index contributed by atoms with van der Waals surface area (Å²) in [6.45, 7) is 2.06. The molecule has 0 bridgehead atoms. The summed E-state index contributed by atoms with van der Waals surface area (Å²) in [6.07, 6.45) is 1.70. The lowest BCUT2D eigenvalue weighted by Crippen LogP contribution is -2.10. The molecule has 4 aromatic carbocycles. The van der Waals surface area contributed by atoms with Crippen molar-refractivity contribution in [2.45, 2.75) is 13.0 Å². The molecule has 1 atom stereocenters. The van der Waals surface area contributed by atoms with E-state index >= 15 is 0 Å². The van der Waals surface area contributed by atoms with Gasteiger partial charge < -0.3 is 10.1 Å². The minimum absolute atomic E-state index is 0.00628. The molecule has 2 aromatic heterocycles. The van der Waals surface area contributed by atoms with Crippen LogP contribution in [0.25, 0.3) is 28.3 Å². The Balaban J connectivity index is 1.37. The number of aromatic nitrogens is 5. The maximum absolute atomic E-state index is 13.7. The third-order valence-electron chi connectivity index (χ3n) is 6.39. The van der Waals surface area contributed by atoms with E-state index in [9.17, 15) is 4.39 Å². The monoisotopic (exact) mass is 528 g/mol. The van der Waals surface area contributed by atoms with Crippen molar-refractivity contribution in [2.75, 3.05) is 5.32 Å². The third kappa shape index (κ3) is 5.42. The number of nitrogens with zero attached hydrogens (tertiary/aromatic N) is 5. The van der Waals surface area contributed by atoms with Gasteiger partial charge in [0.2, 0.25) is 5.95 Å². The van der Waals surface area contributed by atoms with Gasteiger partial charge in [0.1, 0.15) is 28.7 Å². The van der Waals surface area contributed by atoms with Gasteiger partial charge in [-0.2, -0.15) is 0 Å². The van der Waals surface area contributed by atoms with Crippen molar-refractivity contribution in [1.82, 2.24) is 25.0 Å². The summed E-state index contributed by atoms with van der Waals surface area (Å²) in [6, 6.07) is 35.2. The fraction of sp³-hybridized carbons (Fsp3) is 0.0625. The van der Waals surface area contributed by atoms with Crippen LogP contribution in [0.3, 0.4) is 0 Å². The highest BCUT2D eigenvalue weighted by molar-refractivity contribution is 5.77. The highest BCUT2D eigenvalue weighted by Gasteiger charge is 2.20. The Bertz CT molecular complexity index is 1710. The van der Waals surface area contributed by atoms with Crippen LogP contribution in [0.2, 0.25) is 0 Å². The zero-order chi connectivity index (χ0) is 27.3. The number of anilines is 1. The van der Waals surface area contributed by atoms with Crippen molar-refractivity contribution >= 4 is 5.95 Å². The Labute approximate surface area is 231 Å². The van der Waals surface area contributed by atoms with Gasteiger partial charge in [0, 0.05) is 11.8 Å². The average Bonchev–Trinajstić information content (AvgIpc) is 3.44. The Hall–Kier alpha value is -5.37. The average molecular weight is 529 g/mol. The zero-order valence-corrected chi connectivity index (χ0v) is 21.6. The molecule has 196 valence electrons. The Morgan fingerprint density at radius 1 is 0.775 bits per heavy atom. The first kappa shape index (κ1) is 24.9.